The molecule has 6 heteroatoms. The van der Waals surface area contributed by atoms with Crippen LogP contribution in [-0.4, -0.2) is 45.5 Å². The van der Waals surface area contributed by atoms with Gasteiger partial charge in [0.2, 0.25) is 5.91 Å². The van der Waals surface area contributed by atoms with Crippen LogP contribution in [0.25, 0.3) is 0 Å². The Labute approximate surface area is 109 Å². The largest absolute Gasteiger partial charge is 0.480 e. The van der Waals surface area contributed by atoms with Gasteiger partial charge >= 0.3 is 5.97 Å². The number of carbonyl (C=O) groups is 2. The molecule has 4 nitrogen and oxygen atoms in total. The van der Waals surface area contributed by atoms with E-state index in [0.29, 0.717) is 11.7 Å². The molecular formula is C11H17NO3S2. The molecule has 2 aliphatic rings. The zero-order valence-corrected chi connectivity index (χ0v) is 11.2. The Morgan fingerprint density at radius 3 is 2.65 bits per heavy atom. The van der Waals surface area contributed by atoms with Crippen molar-refractivity contribution in [2.75, 3.05) is 17.3 Å². The van der Waals surface area contributed by atoms with Crippen molar-refractivity contribution in [3.63, 3.8) is 0 Å². The number of carboxylic acids is 1. The van der Waals surface area contributed by atoms with Gasteiger partial charge in [0.05, 0.1) is 0 Å². The number of aliphatic carboxylic acids is 1. The van der Waals surface area contributed by atoms with Crippen molar-refractivity contribution in [2.45, 2.75) is 30.6 Å². The Bertz CT molecular complexity index is 301. The summed E-state index contributed by atoms with van der Waals surface area (Å²) >= 11 is 3.69. The number of carbonyl (C=O) groups excluding carboxylic acids is 1. The van der Waals surface area contributed by atoms with Crippen LogP contribution < -0.4 is 5.32 Å². The van der Waals surface area contributed by atoms with Gasteiger partial charge < -0.3 is 10.4 Å². The highest BCUT2D eigenvalue weighted by molar-refractivity contribution is 8.06. The van der Waals surface area contributed by atoms with Gasteiger partial charge in [-0.3, -0.25) is 4.79 Å². The van der Waals surface area contributed by atoms with Crippen molar-refractivity contribution in [1.82, 2.24) is 5.32 Å². The van der Waals surface area contributed by atoms with Crippen LogP contribution in [0.1, 0.15) is 19.3 Å². The second-order valence-corrected chi connectivity index (χ2v) is 7.05. The number of hydrogen-bond donors (Lipinski definition) is 2. The second-order valence-electron chi connectivity index (χ2n) is 4.49. The molecule has 1 amide bonds. The van der Waals surface area contributed by atoms with Crippen LogP contribution in [-0.2, 0) is 9.59 Å². The van der Waals surface area contributed by atoms with Crippen molar-refractivity contribution in [3.05, 3.63) is 0 Å². The maximum atomic E-state index is 11.8. The number of carboxylic acid groups (broad SMARTS) is 1. The highest BCUT2D eigenvalue weighted by Gasteiger charge is 2.37. The van der Waals surface area contributed by atoms with Crippen LogP contribution in [0.5, 0.6) is 0 Å². The maximum Gasteiger partial charge on any atom is 0.326 e. The number of rotatable bonds is 5. The molecule has 1 heterocycles. The van der Waals surface area contributed by atoms with E-state index in [0.717, 1.165) is 30.1 Å². The van der Waals surface area contributed by atoms with E-state index < -0.39 is 12.0 Å². The SMILES string of the molecule is O=C(CC1CSCCS1)NC(C(=O)O)C1CC1. The van der Waals surface area contributed by atoms with E-state index in [1.807, 2.05) is 23.5 Å². The van der Waals surface area contributed by atoms with Crippen LogP contribution in [0.15, 0.2) is 0 Å². The quantitative estimate of drug-likeness (QED) is 0.789. The molecular weight excluding hydrogens is 258 g/mol. The van der Waals surface area contributed by atoms with Crippen LogP contribution >= 0.6 is 23.5 Å². The van der Waals surface area contributed by atoms with Crippen molar-refractivity contribution in [3.8, 4) is 0 Å². The number of nitrogens with one attached hydrogen (secondary N) is 1. The zero-order valence-electron chi connectivity index (χ0n) is 9.55. The minimum absolute atomic E-state index is 0.107. The van der Waals surface area contributed by atoms with E-state index in [4.69, 9.17) is 5.11 Å². The molecule has 2 N–H and O–H groups in total. The van der Waals surface area contributed by atoms with Gasteiger partial charge in [-0.15, -0.1) is 0 Å². The van der Waals surface area contributed by atoms with Gasteiger partial charge in [-0.2, -0.15) is 23.5 Å². The summed E-state index contributed by atoms with van der Waals surface area (Å²) in [4.78, 5) is 22.7. The Hall–Kier alpha value is -0.360. The van der Waals surface area contributed by atoms with Crippen LogP contribution in [0.4, 0.5) is 0 Å². The summed E-state index contributed by atoms with van der Waals surface area (Å²) in [6.07, 6.45) is 2.30. The van der Waals surface area contributed by atoms with Gasteiger partial charge in [0.1, 0.15) is 6.04 Å². The molecule has 0 spiro atoms. The summed E-state index contributed by atoms with van der Waals surface area (Å²) in [6.45, 7) is 0. The first-order valence-electron chi connectivity index (χ1n) is 5.88. The molecule has 1 aliphatic heterocycles. The summed E-state index contributed by atoms with van der Waals surface area (Å²) < 4.78 is 0. The molecule has 1 saturated heterocycles. The zero-order chi connectivity index (χ0) is 12.3. The van der Waals surface area contributed by atoms with Crippen molar-refractivity contribution in [1.29, 1.82) is 0 Å². The fourth-order valence-corrected chi connectivity index (χ4v) is 4.58. The minimum atomic E-state index is -0.897. The summed E-state index contributed by atoms with van der Waals surface area (Å²) in [6, 6.07) is -0.663. The molecule has 2 rings (SSSR count). The van der Waals surface area contributed by atoms with Crippen molar-refractivity contribution >= 4 is 35.4 Å². The van der Waals surface area contributed by atoms with E-state index in [2.05, 4.69) is 5.32 Å². The molecule has 0 bridgehead atoms. The van der Waals surface area contributed by atoms with Gasteiger partial charge in [-0.25, -0.2) is 4.79 Å². The Morgan fingerprint density at radius 1 is 1.35 bits per heavy atom. The second kappa shape index (κ2) is 6.00. The smallest absolute Gasteiger partial charge is 0.326 e. The lowest BCUT2D eigenvalue weighted by atomic mass is 10.2. The average molecular weight is 275 g/mol. The highest BCUT2D eigenvalue weighted by atomic mass is 32.2. The third kappa shape index (κ3) is 4.10. The monoisotopic (exact) mass is 275 g/mol. The maximum absolute atomic E-state index is 11.8. The van der Waals surface area contributed by atoms with E-state index in [1.165, 1.54) is 0 Å². The lowest BCUT2D eigenvalue weighted by molar-refractivity contribution is -0.142. The first-order chi connectivity index (χ1) is 8.16. The number of thioether (sulfide) groups is 2. The lowest BCUT2D eigenvalue weighted by Gasteiger charge is -2.21. The van der Waals surface area contributed by atoms with E-state index in [9.17, 15) is 9.59 Å². The van der Waals surface area contributed by atoms with Gasteiger partial charge in [0.15, 0.2) is 0 Å². The van der Waals surface area contributed by atoms with Crippen LogP contribution in [0.3, 0.4) is 0 Å². The standard InChI is InChI=1S/C11H17NO3S2/c13-9(5-8-6-16-3-4-17-8)12-10(11(14)15)7-1-2-7/h7-8,10H,1-6H2,(H,12,13)(H,14,15). The van der Waals surface area contributed by atoms with Gasteiger partial charge in [0.25, 0.3) is 0 Å². The third-order valence-corrected chi connectivity index (χ3v) is 5.82. The molecule has 2 fully saturated rings. The fraction of sp³-hybridized carbons (Fsp3) is 0.818. The normalized spacial score (nSPS) is 26.2. The molecule has 1 saturated carbocycles. The molecule has 0 aromatic carbocycles. The van der Waals surface area contributed by atoms with Crippen molar-refractivity contribution < 1.29 is 14.7 Å². The summed E-state index contributed by atoms with van der Waals surface area (Å²) in [5, 5.41) is 12.0. The highest BCUT2D eigenvalue weighted by Crippen LogP contribution is 2.33. The molecule has 17 heavy (non-hydrogen) atoms. The molecule has 0 aromatic rings. The predicted octanol–water partition coefficient (Wildman–Crippen LogP) is 1.20. The van der Waals surface area contributed by atoms with E-state index >= 15 is 0 Å². The van der Waals surface area contributed by atoms with Crippen LogP contribution in [0, 0.1) is 5.92 Å². The van der Waals surface area contributed by atoms with Crippen LogP contribution in [0.2, 0.25) is 0 Å². The Balaban J connectivity index is 1.76. The van der Waals surface area contributed by atoms with Gasteiger partial charge in [0, 0.05) is 28.9 Å². The van der Waals surface area contributed by atoms with E-state index in [1.54, 1.807) is 0 Å². The van der Waals surface area contributed by atoms with E-state index in [-0.39, 0.29) is 11.8 Å². The van der Waals surface area contributed by atoms with Crippen molar-refractivity contribution in [2.24, 2.45) is 5.92 Å². The molecule has 0 radical (unpaired) electrons. The first-order valence-corrected chi connectivity index (χ1v) is 8.08. The Kier molecular flexibility index (Phi) is 4.62. The van der Waals surface area contributed by atoms with Gasteiger partial charge in [-0.1, -0.05) is 0 Å². The lowest BCUT2D eigenvalue weighted by Crippen LogP contribution is -2.43. The molecule has 2 unspecified atom stereocenters. The first kappa shape index (κ1) is 13.1. The predicted molar refractivity (Wildman–Crippen MR) is 70.5 cm³/mol. The molecule has 1 aliphatic carbocycles. The number of hydrogen-bond acceptors (Lipinski definition) is 4. The summed E-state index contributed by atoms with van der Waals surface area (Å²) in [5.41, 5.74) is 0. The summed E-state index contributed by atoms with van der Waals surface area (Å²) in [5.74, 6) is 2.40. The third-order valence-electron chi connectivity index (χ3n) is 2.97. The number of amides is 1. The minimum Gasteiger partial charge on any atom is -0.480 e. The topological polar surface area (TPSA) is 66.4 Å². The summed E-state index contributed by atoms with van der Waals surface area (Å²) in [7, 11) is 0. The van der Waals surface area contributed by atoms with Gasteiger partial charge in [-0.05, 0) is 18.8 Å². The fourth-order valence-electron chi connectivity index (χ4n) is 1.90. The molecule has 96 valence electrons. The Morgan fingerprint density at radius 2 is 2.12 bits per heavy atom. The molecule has 0 aromatic heterocycles. The molecule has 2 atom stereocenters. The average Bonchev–Trinajstić information content (AvgIpc) is 3.11.